The molecule has 0 radical (unpaired) electrons. The molecule has 1 amide bonds. The summed E-state index contributed by atoms with van der Waals surface area (Å²) in [6.07, 6.45) is 2.35. The molecule has 0 aromatic rings. The van der Waals surface area contributed by atoms with E-state index in [1.165, 1.54) is 12.2 Å². The highest BCUT2D eigenvalue weighted by molar-refractivity contribution is 8.00. The topological polar surface area (TPSA) is 32.3 Å². The first-order valence-electron chi connectivity index (χ1n) is 5.81. The molecule has 0 saturated carbocycles. The number of carbonyl (C=O) groups is 1. The molecule has 0 bridgehead atoms. The predicted octanol–water partition coefficient (Wildman–Crippen LogP) is 1.30. The van der Waals surface area contributed by atoms with Crippen LogP contribution in [-0.2, 0) is 4.79 Å². The van der Waals surface area contributed by atoms with E-state index in [1.54, 1.807) is 0 Å². The lowest BCUT2D eigenvalue weighted by Gasteiger charge is -2.40. The van der Waals surface area contributed by atoms with Gasteiger partial charge in [0.15, 0.2) is 0 Å². The van der Waals surface area contributed by atoms with Crippen LogP contribution in [0.5, 0.6) is 0 Å². The molecule has 0 aliphatic carbocycles. The van der Waals surface area contributed by atoms with E-state index in [4.69, 9.17) is 0 Å². The molecule has 1 N–H and O–H groups in total. The van der Waals surface area contributed by atoms with Crippen molar-refractivity contribution in [2.45, 2.75) is 31.6 Å². The average molecular weight is 228 g/mol. The minimum atomic E-state index is 0.131. The van der Waals surface area contributed by atoms with Gasteiger partial charge in [-0.05, 0) is 12.8 Å². The molecular weight excluding hydrogens is 208 g/mol. The van der Waals surface area contributed by atoms with Gasteiger partial charge in [0.05, 0.1) is 4.87 Å². The van der Waals surface area contributed by atoms with Crippen LogP contribution in [0.4, 0.5) is 0 Å². The van der Waals surface area contributed by atoms with E-state index in [1.807, 2.05) is 30.5 Å². The molecular formula is C11H20N2OS. The molecule has 2 rings (SSSR count). The second-order valence-electron chi connectivity index (χ2n) is 4.79. The van der Waals surface area contributed by atoms with Crippen molar-refractivity contribution in [2.75, 3.05) is 25.4 Å². The maximum atomic E-state index is 11.9. The Balaban J connectivity index is 2.00. The Morgan fingerprint density at radius 2 is 2.33 bits per heavy atom. The number of nitrogens with one attached hydrogen (secondary N) is 1. The smallest absolute Gasteiger partial charge is 0.225 e. The van der Waals surface area contributed by atoms with Gasteiger partial charge in [0.25, 0.3) is 0 Å². The second kappa shape index (κ2) is 4.34. The number of piperidine rings is 1. The second-order valence-corrected chi connectivity index (χ2v) is 6.27. The summed E-state index contributed by atoms with van der Waals surface area (Å²) in [5, 5.41) is 3.56. The molecule has 2 aliphatic rings. The van der Waals surface area contributed by atoms with Crippen LogP contribution in [-0.4, -0.2) is 41.1 Å². The Bertz CT molecular complexity index is 249. The quantitative estimate of drug-likeness (QED) is 0.734. The molecule has 1 spiro atoms. The van der Waals surface area contributed by atoms with Crippen LogP contribution in [0, 0.1) is 5.92 Å². The number of likely N-dealkylation sites (tertiary alicyclic amines) is 1. The molecule has 86 valence electrons. The van der Waals surface area contributed by atoms with Crippen molar-refractivity contribution in [1.29, 1.82) is 0 Å². The van der Waals surface area contributed by atoms with Crippen molar-refractivity contribution in [3.05, 3.63) is 0 Å². The van der Waals surface area contributed by atoms with E-state index < -0.39 is 0 Å². The van der Waals surface area contributed by atoms with Crippen molar-refractivity contribution < 1.29 is 4.79 Å². The molecule has 1 unspecified atom stereocenters. The third-order valence-corrected chi connectivity index (χ3v) is 4.63. The van der Waals surface area contributed by atoms with E-state index >= 15 is 0 Å². The fourth-order valence-electron chi connectivity index (χ4n) is 2.41. The third-order valence-electron chi connectivity index (χ3n) is 3.19. The summed E-state index contributed by atoms with van der Waals surface area (Å²) in [7, 11) is 0. The van der Waals surface area contributed by atoms with Gasteiger partial charge in [-0.1, -0.05) is 13.8 Å². The molecule has 2 heterocycles. The van der Waals surface area contributed by atoms with Gasteiger partial charge >= 0.3 is 0 Å². The van der Waals surface area contributed by atoms with E-state index in [-0.39, 0.29) is 10.8 Å². The SMILES string of the molecule is CC(C)C(=O)N1CCCC2(C1)NCCS2. The van der Waals surface area contributed by atoms with Crippen molar-refractivity contribution in [1.82, 2.24) is 10.2 Å². The van der Waals surface area contributed by atoms with Gasteiger partial charge in [0, 0.05) is 31.3 Å². The molecule has 4 heteroatoms. The number of hydrogen-bond donors (Lipinski definition) is 1. The number of thioether (sulfide) groups is 1. The first-order chi connectivity index (χ1) is 7.13. The van der Waals surface area contributed by atoms with Gasteiger partial charge in [-0.15, -0.1) is 11.8 Å². The molecule has 2 fully saturated rings. The minimum Gasteiger partial charge on any atom is -0.340 e. The summed E-state index contributed by atoms with van der Waals surface area (Å²) >= 11 is 1.99. The summed E-state index contributed by atoms with van der Waals surface area (Å²) in [4.78, 5) is 14.2. The summed E-state index contributed by atoms with van der Waals surface area (Å²) in [6.45, 7) is 6.90. The normalized spacial score (nSPS) is 31.5. The number of nitrogens with zero attached hydrogens (tertiary/aromatic N) is 1. The maximum absolute atomic E-state index is 11.9. The lowest BCUT2D eigenvalue weighted by Crippen LogP contribution is -2.54. The summed E-state index contributed by atoms with van der Waals surface area (Å²) < 4.78 is 0. The highest BCUT2D eigenvalue weighted by atomic mass is 32.2. The molecule has 3 nitrogen and oxygen atoms in total. The number of amides is 1. The molecule has 2 saturated heterocycles. The predicted molar refractivity (Wildman–Crippen MR) is 63.8 cm³/mol. The van der Waals surface area contributed by atoms with Gasteiger partial charge in [-0.3, -0.25) is 4.79 Å². The molecule has 2 aliphatic heterocycles. The van der Waals surface area contributed by atoms with Crippen molar-refractivity contribution >= 4 is 17.7 Å². The Kier molecular flexibility index (Phi) is 3.26. The number of carbonyl (C=O) groups excluding carboxylic acids is 1. The van der Waals surface area contributed by atoms with Gasteiger partial charge in [-0.25, -0.2) is 0 Å². The van der Waals surface area contributed by atoms with Crippen LogP contribution in [0.1, 0.15) is 26.7 Å². The standard InChI is InChI=1S/C11H20N2OS/c1-9(2)10(14)13-6-3-4-11(8-13)12-5-7-15-11/h9,12H,3-8H2,1-2H3. The van der Waals surface area contributed by atoms with Crippen LogP contribution >= 0.6 is 11.8 Å². The average Bonchev–Trinajstić information content (AvgIpc) is 2.65. The van der Waals surface area contributed by atoms with Crippen LogP contribution in [0.3, 0.4) is 0 Å². The Morgan fingerprint density at radius 1 is 1.53 bits per heavy atom. The fourth-order valence-corrected chi connectivity index (χ4v) is 3.75. The zero-order chi connectivity index (χ0) is 10.9. The van der Waals surface area contributed by atoms with Crippen LogP contribution in [0.15, 0.2) is 0 Å². The lowest BCUT2D eigenvalue weighted by molar-refractivity contribution is -0.136. The molecule has 0 aromatic heterocycles. The molecule has 1 atom stereocenters. The van der Waals surface area contributed by atoms with Crippen molar-refractivity contribution in [2.24, 2.45) is 5.92 Å². The summed E-state index contributed by atoms with van der Waals surface area (Å²) in [6, 6.07) is 0. The van der Waals surface area contributed by atoms with E-state index in [2.05, 4.69) is 5.32 Å². The van der Waals surface area contributed by atoms with Gasteiger partial charge in [0.1, 0.15) is 0 Å². The van der Waals surface area contributed by atoms with Gasteiger partial charge < -0.3 is 10.2 Å². The van der Waals surface area contributed by atoms with Crippen molar-refractivity contribution in [3.8, 4) is 0 Å². The van der Waals surface area contributed by atoms with Crippen LogP contribution in [0.25, 0.3) is 0 Å². The Labute approximate surface area is 96.0 Å². The summed E-state index contributed by atoms with van der Waals surface area (Å²) in [5.41, 5.74) is 0. The molecule has 0 aromatic carbocycles. The lowest BCUT2D eigenvalue weighted by atomic mass is 10.0. The van der Waals surface area contributed by atoms with E-state index in [9.17, 15) is 4.79 Å². The van der Waals surface area contributed by atoms with E-state index in [0.717, 1.165) is 26.1 Å². The third kappa shape index (κ3) is 2.31. The van der Waals surface area contributed by atoms with Crippen LogP contribution in [0.2, 0.25) is 0 Å². The van der Waals surface area contributed by atoms with Gasteiger partial charge in [0.2, 0.25) is 5.91 Å². The largest absolute Gasteiger partial charge is 0.340 e. The fraction of sp³-hybridized carbons (Fsp3) is 0.909. The highest BCUT2D eigenvalue weighted by Gasteiger charge is 2.40. The monoisotopic (exact) mass is 228 g/mol. The first-order valence-corrected chi connectivity index (χ1v) is 6.79. The Morgan fingerprint density at radius 3 is 2.93 bits per heavy atom. The summed E-state index contributed by atoms with van der Waals surface area (Å²) in [5.74, 6) is 1.62. The van der Waals surface area contributed by atoms with E-state index in [0.29, 0.717) is 5.91 Å². The first kappa shape index (κ1) is 11.3. The highest BCUT2D eigenvalue weighted by Crippen LogP contribution is 2.35. The Hall–Kier alpha value is -0.220. The van der Waals surface area contributed by atoms with Gasteiger partial charge in [-0.2, -0.15) is 0 Å². The maximum Gasteiger partial charge on any atom is 0.225 e. The molecule has 15 heavy (non-hydrogen) atoms. The number of hydrogen-bond acceptors (Lipinski definition) is 3. The zero-order valence-electron chi connectivity index (χ0n) is 9.58. The van der Waals surface area contributed by atoms with Crippen LogP contribution < -0.4 is 5.32 Å². The zero-order valence-corrected chi connectivity index (χ0v) is 10.4. The van der Waals surface area contributed by atoms with Crippen molar-refractivity contribution in [3.63, 3.8) is 0 Å². The number of rotatable bonds is 1. The minimum absolute atomic E-state index is 0.131.